The number of nitrogens with one attached hydrogen (secondary N) is 1. The summed E-state index contributed by atoms with van der Waals surface area (Å²) in [6.07, 6.45) is 7.09. The van der Waals surface area contributed by atoms with Crippen LogP contribution in [0.2, 0.25) is 0 Å². The number of aromatic hydroxyl groups is 1. The van der Waals surface area contributed by atoms with Gasteiger partial charge >= 0.3 is 0 Å². The Morgan fingerprint density at radius 1 is 1.44 bits per heavy atom. The van der Waals surface area contributed by atoms with Crippen LogP contribution in [-0.4, -0.2) is 16.2 Å². The summed E-state index contributed by atoms with van der Waals surface area (Å²) in [6.45, 7) is 1.77. The van der Waals surface area contributed by atoms with Crippen molar-refractivity contribution in [2.24, 2.45) is 7.05 Å². The number of benzene rings is 1. The summed E-state index contributed by atoms with van der Waals surface area (Å²) in [5.74, 6) is 0.226. The highest BCUT2D eigenvalue weighted by atomic mass is 16.3. The molecule has 4 N–H and O–H groups in total. The first-order chi connectivity index (χ1) is 8.65. The van der Waals surface area contributed by atoms with Gasteiger partial charge in [-0.05, 0) is 12.1 Å². The average Bonchev–Trinajstić information content (AvgIpc) is 2.75. The second-order valence-electron chi connectivity index (χ2n) is 4.37. The number of aromatic nitrogens is 2. The van der Waals surface area contributed by atoms with Crippen LogP contribution in [0.3, 0.4) is 0 Å². The molecular formula is C13H19N4O+. The molecule has 0 atom stereocenters. The van der Waals surface area contributed by atoms with E-state index in [2.05, 4.69) is 9.88 Å². The smallest absolute Gasteiger partial charge is 0.243 e. The van der Waals surface area contributed by atoms with Gasteiger partial charge in [0.15, 0.2) is 0 Å². The van der Waals surface area contributed by atoms with Crippen LogP contribution in [0, 0.1) is 0 Å². The van der Waals surface area contributed by atoms with E-state index in [0.717, 1.165) is 25.2 Å². The fourth-order valence-corrected chi connectivity index (χ4v) is 1.82. The van der Waals surface area contributed by atoms with E-state index in [9.17, 15) is 5.11 Å². The molecule has 0 bridgehead atoms. The van der Waals surface area contributed by atoms with Crippen LogP contribution in [0.4, 0.5) is 11.4 Å². The van der Waals surface area contributed by atoms with Crippen LogP contribution < -0.4 is 15.6 Å². The summed E-state index contributed by atoms with van der Waals surface area (Å²) in [6, 6.07) is 4.93. The number of nitrogens with two attached hydrogens (primary N) is 1. The number of hydrogen-bond donors (Lipinski definition) is 3. The first-order valence-electron chi connectivity index (χ1n) is 5.98. The minimum absolute atomic E-state index is 0.226. The monoisotopic (exact) mass is 247 g/mol. The Kier molecular flexibility index (Phi) is 3.72. The Morgan fingerprint density at radius 2 is 2.28 bits per heavy atom. The van der Waals surface area contributed by atoms with Crippen LogP contribution in [0.25, 0.3) is 0 Å². The fraction of sp³-hybridized carbons (Fsp3) is 0.308. The Balaban J connectivity index is 1.80. The SMILES string of the molecule is C[n+]1ccn(CCCNc2cc(O)ccc2N)c1. The Labute approximate surface area is 106 Å². The largest absolute Gasteiger partial charge is 0.508 e. The molecule has 0 saturated carbocycles. The van der Waals surface area contributed by atoms with Crippen molar-refractivity contribution in [1.29, 1.82) is 0 Å². The number of rotatable bonds is 5. The third kappa shape index (κ3) is 3.16. The molecule has 0 fully saturated rings. The normalized spacial score (nSPS) is 10.5. The van der Waals surface area contributed by atoms with Crippen molar-refractivity contribution in [3.8, 4) is 5.75 Å². The van der Waals surface area contributed by atoms with E-state index in [0.29, 0.717) is 5.69 Å². The van der Waals surface area contributed by atoms with E-state index in [1.165, 1.54) is 0 Å². The molecule has 1 aromatic heterocycles. The first-order valence-corrected chi connectivity index (χ1v) is 5.98. The number of phenolic OH excluding ortho intramolecular Hbond substituents is 1. The molecule has 0 aliphatic heterocycles. The fourth-order valence-electron chi connectivity index (χ4n) is 1.82. The molecule has 18 heavy (non-hydrogen) atoms. The highest BCUT2D eigenvalue weighted by molar-refractivity contribution is 5.67. The van der Waals surface area contributed by atoms with E-state index < -0.39 is 0 Å². The number of phenols is 1. The van der Waals surface area contributed by atoms with Gasteiger partial charge in [-0.3, -0.25) is 0 Å². The summed E-state index contributed by atoms with van der Waals surface area (Å²) in [5, 5.41) is 12.6. The van der Waals surface area contributed by atoms with Gasteiger partial charge in [-0.25, -0.2) is 9.13 Å². The lowest BCUT2D eigenvalue weighted by Crippen LogP contribution is -2.23. The Morgan fingerprint density at radius 3 is 3.00 bits per heavy atom. The summed E-state index contributed by atoms with van der Waals surface area (Å²) in [4.78, 5) is 0. The maximum atomic E-state index is 9.37. The second kappa shape index (κ2) is 5.44. The van der Waals surface area contributed by atoms with E-state index in [4.69, 9.17) is 5.73 Å². The zero-order valence-electron chi connectivity index (χ0n) is 10.5. The van der Waals surface area contributed by atoms with E-state index in [1.807, 2.05) is 30.3 Å². The highest BCUT2D eigenvalue weighted by Crippen LogP contribution is 2.23. The van der Waals surface area contributed by atoms with Crippen LogP contribution >= 0.6 is 0 Å². The Hall–Kier alpha value is -2.17. The zero-order chi connectivity index (χ0) is 13.0. The summed E-state index contributed by atoms with van der Waals surface area (Å²) < 4.78 is 4.15. The molecule has 5 nitrogen and oxygen atoms in total. The lowest BCUT2D eigenvalue weighted by atomic mass is 10.2. The molecule has 2 rings (SSSR count). The molecular weight excluding hydrogens is 228 g/mol. The van der Waals surface area contributed by atoms with Crippen molar-refractivity contribution in [2.45, 2.75) is 13.0 Å². The van der Waals surface area contributed by atoms with Crippen molar-refractivity contribution in [3.63, 3.8) is 0 Å². The molecule has 0 unspecified atom stereocenters. The van der Waals surface area contributed by atoms with Crippen LogP contribution in [0.5, 0.6) is 5.75 Å². The standard InChI is InChI=1S/C13H18N4O/c1-16-7-8-17(10-16)6-2-5-15-13-9-11(18)3-4-12(13)14/h3-4,7-10,15H,2,5-6,14H2,1H3/p+1. The summed E-state index contributed by atoms with van der Waals surface area (Å²) >= 11 is 0. The molecule has 0 radical (unpaired) electrons. The molecule has 5 heteroatoms. The predicted octanol–water partition coefficient (Wildman–Crippen LogP) is 1.10. The van der Waals surface area contributed by atoms with Gasteiger partial charge in [-0.2, -0.15) is 0 Å². The second-order valence-corrected chi connectivity index (χ2v) is 4.37. The molecule has 0 saturated heterocycles. The summed E-state index contributed by atoms with van der Waals surface area (Å²) in [7, 11) is 2.00. The van der Waals surface area contributed by atoms with E-state index >= 15 is 0 Å². The van der Waals surface area contributed by atoms with Crippen molar-refractivity contribution in [3.05, 3.63) is 36.9 Å². The highest BCUT2D eigenvalue weighted by Gasteiger charge is 2.02. The Bertz CT molecular complexity index is 521. The third-order valence-corrected chi connectivity index (χ3v) is 2.77. The van der Waals surface area contributed by atoms with E-state index in [-0.39, 0.29) is 5.75 Å². The molecule has 0 aliphatic rings. The van der Waals surface area contributed by atoms with Gasteiger partial charge in [0.1, 0.15) is 18.1 Å². The number of anilines is 2. The lowest BCUT2D eigenvalue weighted by Gasteiger charge is -2.08. The number of nitrogen functional groups attached to an aromatic ring is 1. The summed E-state index contributed by atoms with van der Waals surface area (Å²) in [5.41, 5.74) is 7.24. The van der Waals surface area contributed by atoms with Gasteiger partial charge in [0, 0.05) is 19.0 Å². The molecule has 96 valence electrons. The third-order valence-electron chi connectivity index (χ3n) is 2.77. The first kappa shape index (κ1) is 12.3. The van der Waals surface area contributed by atoms with Gasteiger partial charge in [0.2, 0.25) is 6.33 Å². The molecule has 0 spiro atoms. The molecule has 1 heterocycles. The van der Waals surface area contributed by atoms with Gasteiger partial charge in [0.25, 0.3) is 0 Å². The van der Waals surface area contributed by atoms with Crippen molar-refractivity contribution >= 4 is 11.4 Å². The number of nitrogens with zero attached hydrogens (tertiary/aromatic N) is 2. The molecule has 2 aromatic rings. The molecule has 0 amide bonds. The maximum Gasteiger partial charge on any atom is 0.243 e. The quantitative estimate of drug-likeness (QED) is 0.321. The minimum atomic E-state index is 0.226. The number of imidazole rings is 1. The van der Waals surface area contributed by atoms with Gasteiger partial charge in [-0.15, -0.1) is 0 Å². The van der Waals surface area contributed by atoms with E-state index in [1.54, 1.807) is 18.2 Å². The van der Waals surface area contributed by atoms with Crippen molar-refractivity contribution in [1.82, 2.24) is 4.57 Å². The van der Waals surface area contributed by atoms with Crippen molar-refractivity contribution in [2.75, 3.05) is 17.6 Å². The van der Waals surface area contributed by atoms with Crippen LogP contribution in [0.1, 0.15) is 6.42 Å². The molecule has 0 aliphatic carbocycles. The predicted molar refractivity (Wildman–Crippen MR) is 71.2 cm³/mol. The lowest BCUT2D eigenvalue weighted by molar-refractivity contribution is -0.671. The van der Waals surface area contributed by atoms with Crippen molar-refractivity contribution < 1.29 is 9.67 Å². The minimum Gasteiger partial charge on any atom is -0.508 e. The topological polar surface area (TPSA) is 67.1 Å². The van der Waals surface area contributed by atoms with Crippen LogP contribution in [0.15, 0.2) is 36.9 Å². The number of hydrogen-bond acceptors (Lipinski definition) is 3. The van der Waals surface area contributed by atoms with Gasteiger partial charge in [-0.1, -0.05) is 0 Å². The zero-order valence-corrected chi connectivity index (χ0v) is 10.5. The van der Waals surface area contributed by atoms with Crippen LogP contribution in [-0.2, 0) is 13.6 Å². The number of aryl methyl sites for hydroxylation is 2. The van der Waals surface area contributed by atoms with Gasteiger partial charge in [0.05, 0.1) is 25.0 Å². The van der Waals surface area contributed by atoms with Gasteiger partial charge < -0.3 is 16.2 Å². The average molecular weight is 247 g/mol. The molecule has 1 aromatic carbocycles. The maximum absolute atomic E-state index is 9.37.